The molecule has 1 N–H and O–H groups in total. The third-order valence-electron chi connectivity index (χ3n) is 3.07. The molecular formula is C13H20N2S. The molecule has 0 aromatic heterocycles. The lowest BCUT2D eigenvalue weighted by Gasteiger charge is -2.29. The molecule has 88 valence electrons. The van der Waals surface area contributed by atoms with Gasteiger partial charge in [0.05, 0.1) is 0 Å². The summed E-state index contributed by atoms with van der Waals surface area (Å²) in [5.41, 5.74) is 4.18. The molecule has 2 rings (SSSR count). The normalized spacial score (nSPS) is 16.5. The Balaban J connectivity index is 2.13. The molecule has 0 saturated carbocycles. The Morgan fingerprint density at radius 3 is 2.69 bits per heavy atom. The zero-order valence-corrected chi connectivity index (χ0v) is 10.9. The van der Waals surface area contributed by atoms with Gasteiger partial charge in [-0.3, -0.25) is 0 Å². The van der Waals surface area contributed by atoms with Crippen LogP contribution in [-0.2, 0) is 6.54 Å². The van der Waals surface area contributed by atoms with E-state index >= 15 is 0 Å². The van der Waals surface area contributed by atoms with Crippen LogP contribution in [0.25, 0.3) is 0 Å². The van der Waals surface area contributed by atoms with Crippen LogP contribution in [0.2, 0.25) is 0 Å². The van der Waals surface area contributed by atoms with Crippen LogP contribution in [0.3, 0.4) is 0 Å². The molecule has 1 aliphatic rings. The van der Waals surface area contributed by atoms with E-state index in [9.17, 15) is 0 Å². The molecule has 16 heavy (non-hydrogen) atoms. The molecule has 0 radical (unpaired) electrons. The largest absolute Gasteiger partial charge is 0.370 e. The minimum atomic E-state index is 0.960. The lowest BCUT2D eigenvalue weighted by Crippen LogP contribution is -2.32. The van der Waals surface area contributed by atoms with Crippen molar-refractivity contribution in [2.75, 3.05) is 36.5 Å². The highest BCUT2D eigenvalue weighted by molar-refractivity contribution is 7.99. The number of aryl methyl sites for hydroxylation is 1. The number of anilines is 1. The third kappa shape index (κ3) is 2.71. The van der Waals surface area contributed by atoms with Crippen molar-refractivity contribution in [2.45, 2.75) is 13.5 Å². The zero-order valence-electron chi connectivity index (χ0n) is 10.1. The highest BCUT2D eigenvalue weighted by Gasteiger charge is 2.11. The van der Waals surface area contributed by atoms with Gasteiger partial charge in [0, 0.05) is 36.8 Å². The predicted molar refractivity (Wildman–Crippen MR) is 73.5 cm³/mol. The van der Waals surface area contributed by atoms with Crippen LogP contribution >= 0.6 is 11.8 Å². The minimum Gasteiger partial charge on any atom is -0.370 e. The number of thioether (sulfide) groups is 1. The van der Waals surface area contributed by atoms with Gasteiger partial charge >= 0.3 is 0 Å². The van der Waals surface area contributed by atoms with E-state index in [0.29, 0.717) is 0 Å². The molecule has 2 nitrogen and oxygen atoms in total. The molecule has 1 aromatic rings. The van der Waals surface area contributed by atoms with Gasteiger partial charge in [0.1, 0.15) is 0 Å². The fourth-order valence-corrected chi connectivity index (χ4v) is 2.99. The van der Waals surface area contributed by atoms with Gasteiger partial charge in [0.25, 0.3) is 0 Å². The van der Waals surface area contributed by atoms with E-state index < -0.39 is 0 Å². The van der Waals surface area contributed by atoms with Gasteiger partial charge in [0.2, 0.25) is 0 Å². The van der Waals surface area contributed by atoms with Crippen molar-refractivity contribution < 1.29 is 0 Å². The Morgan fingerprint density at radius 2 is 2.06 bits per heavy atom. The molecule has 0 bridgehead atoms. The van der Waals surface area contributed by atoms with Crippen molar-refractivity contribution in [2.24, 2.45) is 0 Å². The van der Waals surface area contributed by atoms with Crippen LogP contribution in [0.4, 0.5) is 5.69 Å². The van der Waals surface area contributed by atoms with E-state index in [1.54, 1.807) is 0 Å². The Labute approximate surface area is 102 Å². The smallest absolute Gasteiger partial charge is 0.0369 e. The molecule has 0 atom stereocenters. The van der Waals surface area contributed by atoms with E-state index in [-0.39, 0.29) is 0 Å². The molecule has 1 heterocycles. The predicted octanol–water partition coefficient (Wildman–Crippen LogP) is 2.27. The second-order valence-electron chi connectivity index (χ2n) is 4.24. The summed E-state index contributed by atoms with van der Waals surface area (Å²) in [5.74, 6) is 2.52. The maximum absolute atomic E-state index is 3.21. The van der Waals surface area contributed by atoms with Crippen molar-refractivity contribution in [3.63, 3.8) is 0 Å². The molecule has 0 unspecified atom stereocenters. The number of hydrogen-bond donors (Lipinski definition) is 1. The third-order valence-corrected chi connectivity index (χ3v) is 4.01. The number of benzene rings is 1. The van der Waals surface area contributed by atoms with Gasteiger partial charge in [-0.1, -0.05) is 6.07 Å². The second-order valence-corrected chi connectivity index (χ2v) is 5.47. The highest BCUT2D eigenvalue weighted by Crippen LogP contribution is 2.22. The van der Waals surface area contributed by atoms with Crippen molar-refractivity contribution in [1.82, 2.24) is 5.32 Å². The van der Waals surface area contributed by atoms with Gasteiger partial charge in [0.15, 0.2) is 0 Å². The summed E-state index contributed by atoms with van der Waals surface area (Å²) in [6.07, 6.45) is 0. The first-order chi connectivity index (χ1) is 7.81. The van der Waals surface area contributed by atoms with Crippen molar-refractivity contribution >= 4 is 17.4 Å². The Kier molecular flexibility index (Phi) is 4.13. The SMILES string of the molecule is CNCc1ccc(N2CCSCC2)cc1C. The van der Waals surface area contributed by atoms with E-state index in [0.717, 1.165) is 6.54 Å². The Bertz CT molecular complexity index is 346. The van der Waals surface area contributed by atoms with Gasteiger partial charge in [-0.2, -0.15) is 11.8 Å². The van der Waals surface area contributed by atoms with Gasteiger partial charge in [-0.25, -0.2) is 0 Å². The molecule has 0 aliphatic carbocycles. The average Bonchev–Trinajstić information content (AvgIpc) is 2.33. The number of hydrogen-bond acceptors (Lipinski definition) is 3. The summed E-state index contributed by atoms with van der Waals surface area (Å²) < 4.78 is 0. The fraction of sp³-hybridized carbons (Fsp3) is 0.538. The minimum absolute atomic E-state index is 0.960. The standard InChI is InChI=1S/C13H20N2S/c1-11-9-13(4-3-12(11)10-14-2)15-5-7-16-8-6-15/h3-4,9,14H,5-8,10H2,1-2H3. The summed E-state index contributed by atoms with van der Waals surface area (Å²) in [7, 11) is 2.00. The van der Waals surface area contributed by atoms with E-state index in [1.165, 1.54) is 41.4 Å². The van der Waals surface area contributed by atoms with Gasteiger partial charge in [-0.15, -0.1) is 0 Å². The summed E-state index contributed by atoms with van der Waals surface area (Å²) in [5, 5.41) is 3.21. The molecule has 0 amide bonds. The first kappa shape index (κ1) is 11.8. The lowest BCUT2D eigenvalue weighted by molar-refractivity contribution is 0.809. The van der Waals surface area contributed by atoms with E-state index in [4.69, 9.17) is 0 Å². The quantitative estimate of drug-likeness (QED) is 0.866. The maximum Gasteiger partial charge on any atom is 0.0369 e. The molecule has 1 fully saturated rings. The summed E-state index contributed by atoms with van der Waals surface area (Å²) in [6.45, 7) is 5.54. The van der Waals surface area contributed by atoms with Crippen molar-refractivity contribution in [1.29, 1.82) is 0 Å². The van der Waals surface area contributed by atoms with Crippen LogP contribution in [0.5, 0.6) is 0 Å². The van der Waals surface area contributed by atoms with Crippen molar-refractivity contribution in [3.05, 3.63) is 29.3 Å². The van der Waals surface area contributed by atoms with Gasteiger partial charge < -0.3 is 10.2 Å². The Morgan fingerprint density at radius 1 is 1.31 bits per heavy atom. The number of rotatable bonds is 3. The highest BCUT2D eigenvalue weighted by atomic mass is 32.2. The summed E-state index contributed by atoms with van der Waals surface area (Å²) in [4.78, 5) is 2.49. The summed E-state index contributed by atoms with van der Waals surface area (Å²) in [6, 6.07) is 6.83. The summed E-state index contributed by atoms with van der Waals surface area (Å²) >= 11 is 2.06. The van der Waals surface area contributed by atoms with Crippen LogP contribution in [-0.4, -0.2) is 31.6 Å². The Hall–Kier alpha value is -0.670. The molecule has 1 saturated heterocycles. The van der Waals surface area contributed by atoms with Crippen LogP contribution < -0.4 is 10.2 Å². The number of nitrogens with zero attached hydrogens (tertiary/aromatic N) is 1. The molecule has 3 heteroatoms. The van der Waals surface area contributed by atoms with E-state index in [1.807, 2.05) is 7.05 Å². The molecule has 0 spiro atoms. The first-order valence-corrected chi connectivity index (χ1v) is 7.03. The molecular weight excluding hydrogens is 216 g/mol. The molecule has 1 aliphatic heterocycles. The van der Waals surface area contributed by atoms with Crippen LogP contribution in [0.15, 0.2) is 18.2 Å². The monoisotopic (exact) mass is 236 g/mol. The maximum atomic E-state index is 3.21. The lowest BCUT2D eigenvalue weighted by atomic mass is 10.1. The molecule has 1 aromatic carbocycles. The van der Waals surface area contributed by atoms with Crippen LogP contribution in [0, 0.1) is 6.92 Å². The van der Waals surface area contributed by atoms with Gasteiger partial charge in [-0.05, 0) is 37.2 Å². The average molecular weight is 236 g/mol. The van der Waals surface area contributed by atoms with Crippen molar-refractivity contribution in [3.8, 4) is 0 Å². The van der Waals surface area contributed by atoms with E-state index in [2.05, 4.69) is 47.1 Å². The zero-order chi connectivity index (χ0) is 11.4. The fourth-order valence-electron chi connectivity index (χ4n) is 2.09. The topological polar surface area (TPSA) is 15.3 Å². The second kappa shape index (κ2) is 5.60. The van der Waals surface area contributed by atoms with Crippen LogP contribution in [0.1, 0.15) is 11.1 Å². The first-order valence-electron chi connectivity index (χ1n) is 5.88. The number of nitrogens with one attached hydrogen (secondary N) is 1.